The normalized spacial score (nSPS) is 9.75. The number of hydrogen-bond donors (Lipinski definition) is 0. The lowest BCUT2D eigenvalue weighted by atomic mass is 10.4. The Morgan fingerprint density at radius 3 is 2.69 bits per heavy atom. The molecular weight excluding hydrogens is 225 g/mol. The minimum absolute atomic E-state index is 0.00820. The Labute approximate surface area is 96.0 Å². The second-order valence-electron chi connectivity index (χ2n) is 2.87. The number of halogens is 1. The lowest BCUT2D eigenvalue weighted by Gasteiger charge is -2.01. The van der Waals surface area contributed by atoms with Crippen molar-refractivity contribution in [3.8, 4) is 6.07 Å². The quantitative estimate of drug-likeness (QED) is 0.797. The molecule has 1 aromatic heterocycles. The van der Waals surface area contributed by atoms with Gasteiger partial charge in [-0.15, -0.1) is 0 Å². The first kappa shape index (κ1) is 10.6. The van der Waals surface area contributed by atoms with E-state index in [-0.39, 0.29) is 5.69 Å². The van der Waals surface area contributed by atoms with Crippen molar-refractivity contribution in [2.45, 2.75) is 9.92 Å². The predicted molar refractivity (Wildman–Crippen MR) is 57.3 cm³/mol. The minimum Gasteiger partial charge on any atom is -0.242 e. The lowest BCUT2D eigenvalue weighted by molar-refractivity contribution is 0.569. The summed E-state index contributed by atoms with van der Waals surface area (Å²) in [6, 6.07) is 11.2. The van der Waals surface area contributed by atoms with Gasteiger partial charge in [-0.05, 0) is 12.1 Å². The van der Waals surface area contributed by atoms with Crippen LogP contribution in [0.25, 0.3) is 0 Å². The van der Waals surface area contributed by atoms with E-state index in [0.29, 0.717) is 5.03 Å². The van der Waals surface area contributed by atoms with Crippen molar-refractivity contribution in [1.29, 1.82) is 5.26 Å². The van der Waals surface area contributed by atoms with Crippen molar-refractivity contribution in [2.75, 3.05) is 0 Å². The van der Waals surface area contributed by atoms with Gasteiger partial charge in [0.1, 0.15) is 11.1 Å². The van der Waals surface area contributed by atoms with Crippen LogP contribution in [0.1, 0.15) is 5.69 Å². The molecule has 5 heteroatoms. The van der Waals surface area contributed by atoms with Gasteiger partial charge in [-0.25, -0.2) is 9.97 Å². The zero-order valence-corrected chi connectivity index (χ0v) is 8.91. The molecule has 0 aliphatic heterocycles. The van der Waals surface area contributed by atoms with Gasteiger partial charge in [0, 0.05) is 4.90 Å². The Bertz CT molecular complexity index is 537. The average molecular weight is 231 g/mol. The van der Waals surface area contributed by atoms with Crippen LogP contribution in [0.5, 0.6) is 0 Å². The van der Waals surface area contributed by atoms with Gasteiger partial charge in [0.25, 0.3) is 0 Å². The van der Waals surface area contributed by atoms with E-state index < -0.39 is 5.95 Å². The van der Waals surface area contributed by atoms with Crippen LogP contribution in [0.2, 0.25) is 0 Å². The Morgan fingerprint density at radius 1 is 1.25 bits per heavy atom. The van der Waals surface area contributed by atoms with E-state index in [0.717, 1.165) is 11.1 Å². The minimum atomic E-state index is -0.742. The van der Waals surface area contributed by atoms with Crippen molar-refractivity contribution < 1.29 is 4.39 Å². The first-order valence-corrected chi connectivity index (χ1v) is 5.27. The zero-order chi connectivity index (χ0) is 11.4. The summed E-state index contributed by atoms with van der Waals surface area (Å²) in [5, 5.41) is 9.20. The Kier molecular flexibility index (Phi) is 3.13. The molecule has 0 aliphatic carbocycles. The maximum atomic E-state index is 12.7. The molecular formula is C11H6FN3S. The number of nitrogens with zero attached hydrogens (tertiary/aromatic N) is 3. The fourth-order valence-corrected chi connectivity index (χ4v) is 1.91. The average Bonchev–Trinajstić information content (AvgIpc) is 2.33. The topological polar surface area (TPSA) is 49.6 Å². The van der Waals surface area contributed by atoms with E-state index >= 15 is 0 Å². The fraction of sp³-hybridized carbons (Fsp3) is 0. The van der Waals surface area contributed by atoms with Crippen LogP contribution >= 0.6 is 11.8 Å². The van der Waals surface area contributed by atoms with Gasteiger partial charge in [0.05, 0.1) is 6.20 Å². The summed E-state index contributed by atoms with van der Waals surface area (Å²) in [4.78, 5) is 8.25. The molecule has 16 heavy (non-hydrogen) atoms. The second kappa shape index (κ2) is 4.73. The van der Waals surface area contributed by atoms with E-state index in [1.54, 1.807) is 0 Å². The van der Waals surface area contributed by atoms with E-state index in [1.165, 1.54) is 11.8 Å². The summed E-state index contributed by atoms with van der Waals surface area (Å²) < 4.78 is 12.7. The van der Waals surface area contributed by atoms with Crippen LogP contribution in [0.4, 0.5) is 4.39 Å². The third-order valence-corrected chi connectivity index (χ3v) is 2.77. The number of rotatable bonds is 2. The second-order valence-corrected chi connectivity index (χ2v) is 3.94. The molecule has 1 aromatic carbocycles. The third-order valence-electron chi connectivity index (χ3n) is 1.77. The summed E-state index contributed by atoms with van der Waals surface area (Å²) in [5.74, 6) is -0.742. The van der Waals surface area contributed by atoms with Gasteiger partial charge in [-0.1, -0.05) is 30.0 Å². The van der Waals surface area contributed by atoms with Gasteiger partial charge >= 0.3 is 0 Å². The van der Waals surface area contributed by atoms with Crippen LogP contribution in [-0.2, 0) is 0 Å². The van der Waals surface area contributed by atoms with Crippen molar-refractivity contribution in [3.63, 3.8) is 0 Å². The van der Waals surface area contributed by atoms with Gasteiger partial charge in [-0.2, -0.15) is 9.65 Å². The molecule has 0 fully saturated rings. The first-order chi connectivity index (χ1) is 7.79. The van der Waals surface area contributed by atoms with Crippen molar-refractivity contribution in [1.82, 2.24) is 9.97 Å². The first-order valence-electron chi connectivity index (χ1n) is 4.45. The predicted octanol–water partition coefficient (Wildman–Crippen LogP) is 2.64. The molecule has 0 radical (unpaired) electrons. The molecule has 0 atom stereocenters. The lowest BCUT2D eigenvalue weighted by Crippen LogP contribution is -1.94. The van der Waals surface area contributed by atoms with Crippen LogP contribution in [-0.4, -0.2) is 9.97 Å². The summed E-state index contributed by atoms with van der Waals surface area (Å²) in [5.41, 5.74) is 0.00820. The highest BCUT2D eigenvalue weighted by Gasteiger charge is 2.08. The molecule has 2 aromatic rings. The number of nitriles is 1. The summed E-state index contributed by atoms with van der Waals surface area (Å²) in [6.07, 6.45) is 1.01. The Balaban J connectivity index is 2.32. The van der Waals surface area contributed by atoms with Crippen molar-refractivity contribution >= 4 is 11.8 Å². The SMILES string of the molecule is N#Cc1nc(F)cnc1Sc1ccccc1. The third kappa shape index (κ3) is 2.35. The Hall–Kier alpha value is -1.93. The number of benzene rings is 1. The molecule has 3 nitrogen and oxygen atoms in total. The van der Waals surface area contributed by atoms with E-state index in [9.17, 15) is 4.39 Å². The standard InChI is InChI=1S/C11H6FN3S/c12-10-7-14-11(9(6-13)15-10)16-8-4-2-1-3-5-8/h1-5,7H. The monoisotopic (exact) mass is 231 g/mol. The smallest absolute Gasteiger partial charge is 0.232 e. The highest BCUT2D eigenvalue weighted by molar-refractivity contribution is 7.99. The molecule has 0 aliphatic rings. The maximum absolute atomic E-state index is 12.7. The molecule has 2 rings (SSSR count). The largest absolute Gasteiger partial charge is 0.242 e. The highest BCUT2D eigenvalue weighted by Crippen LogP contribution is 2.27. The van der Waals surface area contributed by atoms with E-state index in [2.05, 4.69) is 9.97 Å². The van der Waals surface area contributed by atoms with E-state index in [4.69, 9.17) is 5.26 Å². The molecule has 0 spiro atoms. The highest BCUT2D eigenvalue weighted by atomic mass is 32.2. The number of hydrogen-bond acceptors (Lipinski definition) is 4. The van der Waals surface area contributed by atoms with E-state index in [1.807, 2.05) is 36.4 Å². The van der Waals surface area contributed by atoms with Gasteiger partial charge in [0.2, 0.25) is 5.95 Å². The molecule has 0 amide bonds. The Morgan fingerprint density at radius 2 is 2.00 bits per heavy atom. The van der Waals surface area contributed by atoms with Crippen molar-refractivity contribution in [3.05, 3.63) is 48.2 Å². The van der Waals surface area contributed by atoms with Crippen molar-refractivity contribution in [2.24, 2.45) is 0 Å². The van der Waals surface area contributed by atoms with Crippen LogP contribution < -0.4 is 0 Å². The molecule has 0 bridgehead atoms. The van der Waals surface area contributed by atoms with Crippen LogP contribution in [0.15, 0.2) is 46.5 Å². The molecule has 0 saturated heterocycles. The molecule has 0 saturated carbocycles. The van der Waals surface area contributed by atoms with Crippen LogP contribution in [0.3, 0.4) is 0 Å². The summed E-state index contributed by atoms with van der Waals surface area (Å²) in [6.45, 7) is 0. The maximum Gasteiger partial charge on any atom is 0.232 e. The van der Waals surface area contributed by atoms with Gasteiger partial charge in [0.15, 0.2) is 5.69 Å². The number of aromatic nitrogens is 2. The molecule has 1 heterocycles. The van der Waals surface area contributed by atoms with Crippen LogP contribution in [0, 0.1) is 17.3 Å². The molecule has 0 N–H and O–H groups in total. The zero-order valence-electron chi connectivity index (χ0n) is 8.09. The summed E-state index contributed by atoms with van der Waals surface area (Å²) in [7, 11) is 0. The summed E-state index contributed by atoms with van der Waals surface area (Å²) >= 11 is 1.28. The molecule has 78 valence electrons. The van der Waals surface area contributed by atoms with Gasteiger partial charge in [-0.3, -0.25) is 0 Å². The fourth-order valence-electron chi connectivity index (χ4n) is 1.10. The van der Waals surface area contributed by atoms with Gasteiger partial charge < -0.3 is 0 Å². The molecule has 0 unspecified atom stereocenters.